The first kappa shape index (κ1) is 13.9. The first-order chi connectivity index (χ1) is 8.22. The number of benzene rings is 1. The molecule has 0 aromatic heterocycles. The minimum atomic E-state index is 0.163. The van der Waals surface area contributed by atoms with E-state index in [2.05, 4.69) is 43.0 Å². The molecule has 0 saturated carbocycles. The van der Waals surface area contributed by atoms with Crippen LogP contribution in [0.15, 0.2) is 24.3 Å². The van der Waals surface area contributed by atoms with Crippen molar-refractivity contribution in [3.63, 3.8) is 0 Å². The second kappa shape index (κ2) is 7.97. The molecule has 0 aliphatic heterocycles. The molecule has 0 radical (unpaired) electrons. The lowest BCUT2D eigenvalue weighted by atomic mass is 10.1. The van der Waals surface area contributed by atoms with Gasteiger partial charge in [-0.05, 0) is 24.1 Å². The summed E-state index contributed by atoms with van der Waals surface area (Å²) in [7, 11) is 0. The lowest BCUT2D eigenvalue weighted by Gasteiger charge is -1.97. The third-order valence-electron chi connectivity index (χ3n) is 2.26. The highest BCUT2D eigenvalue weighted by atomic mass is 32.2. The highest BCUT2D eigenvalue weighted by Gasteiger charge is 1.92. The van der Waals surface area contributed by atoms with Gasteiger partial charge in [-0.2, -0.15) is 0 Å². The Labute approximate surface area is 108 Å². The van der Waals surface area contributed by atoms with Gasteiger partial charge in [0, 0.05) is 24.7 Å². The molecule has 1 aromatic rings. The van der Waals surface area contributed by atoms with E-state index in [9.17, 15) is 4.79 Å². The molecule has 1 rings (SSSR count). The van der Waals surface area contributed by atoms with Crippen LogP contribution >= 0.6 is 11.8 Å². The van der Waals surface area contributed by atoms with E-state index in [0.29, 0.717) is 0 Å². The first-order valence-electron chi connectivity index (χ1n) is 5.93. The Morgan fingerprint density at radius 2 is 2.00 bits per heavy atom. The van der Waals surface area contributed by atoms with Gasteiger partial charge in [0.05, 0.1) is 0 Å². The summed E-state index contributed by atoms with van der Waals surface area (Å²) in [5, 5.41) is 0.163. The van der Waals surface area contributed by atoms with Gasteiger partial charge >= 0.3 is 0 Å². The van der Waals surface area contributed by atoms with E-state index < -0.39 is 0 Å². The van der Waals surface area contributed by atoms with Crippen LogP contribution in [-0.2, 0) is 11.2 Å². The maximum absolute atomic E-state index is 10.7. The molecule has 0 aliphatic rings. The normalized spacial score (nSPS) is 9.53. The molecule has 1 aromatic carbocycles. The average molecular weight is 246 g/mol. The zero-order chi connectivity index (χ0) is 12.5. The summed E-state index contributed by atoms with van der Waals surface area (Å²) in [6, 6.07) is 8.40. The predicted molar refractivity (Wildman–Crippen MR) is 75.1 cm³/mol. The summed E-state index contributed by atoms with van der Waals surface area (Å²) >= 11 is 1.33. The molecule has 0 bridgehead atoms. The van der Waals surface area contributed by atoms with Crippen molar-refractivity contribution in [3.05, 3.63) is 35.4 Å². The first-order valence-corrected chi connectivity index (χ1v) is 6.92. The van der Waals surface area contributed by atoms with Gasteiger partial charge < -0.3 is 0 Å². The maximum atomic E-state index is 10.7. The molecule has 0 atom stereocenters. The lowest BCUT2D eigenvalue weighted by molar-refractivity contribution is -0.109. The third-order valence-corrected chi connectivity index (χ3v) is 3.07. The second-order valence-electron chi connectivity index (χ2n) is 3.84. The molecule has 0 amide bonds. The highest BCUT2D eigenvalue weighted by Crippen LogP contribution is 2.06. The van der Waals surface area contributed by atoms with Gasteiger partial charge in [-0.25, -0.2) is 0 Å². The van der Waals surface area contributed by atoms with Crippen LogP contribution in [-0.4, -0.2) is 10.9 Å². The van der Waals surface area contributed by atoms with E-state index in [4.69, 9.17) is 0 Å². The zero-order valence-corrected chi connectivity index (χ0v) is 11.3. The van der Waals surface area contributed by atoms with E-state index in [1.807, 2.05) is 0 Å². The SMILES string of the molecule is CCCc1ccc(C#CCCSC(C)=O)cc1. The molecule has 17 heavy (non-hydrogen) atoms. The van der Waals surface area contributed by atoms with Crippen molar-refractivity contribution in [3.8, 4) is 11.8 Å². The summed E-state index contributed by atoms with van der Waals surface area (Å²) < 4.78 is 0. The summed E-state index contributed by atoms with van der Waals surface area (Å²) in [5.41, 5.74) is 2.42. The van der Waals surface area contributed by atoms with Gasteiger partial charge in [0.2, 0.25) is 0 Å². The Balaban J connectivity index is 2.40. The standard InChI is InChI=1S/C15H18OS/c1-3-6-14-8-10-15(11-9-14)7-4-5-12-17-13(2)16/h8-11H,3,5-6,12H2,1-2H3. The highest BCUT2D eigenvalue weighted by molar-refractivity contribution is 8.13. The van der Waals surface area contributed by atoms with Crippen molar-refractivity contribution in [1.82, 2.24) is 0 Å². The van der Waals surface area contributed by atoms with Crippen LogP contribution in [0.3, 0.4) is 0 Å². The van der Waals surface area contributed by atoms with Crippen molar-refractivity contribution in [2.45, 2.75) is 33.1 Å². The van der Waals surface area contributed by atoms with Crippen LogP contribution in [0.4, 0.5) is 0 Å². The van der Waals surface area contributed by atoms with Crippen molar-refractivity contribution in [1.29, 1.82) is 0 Å². The Morgan fingerprint density at radius 3 is 2.59 bits per heavy atom. The fraction of sp³-hybridized carbons (Fsp3) is 0.400. The van der Waals surface area contributed by atoms with Gasteiger partial charge in [0.1, 0.15) is 0 Å². The molecule has 90 valence electrons. The van der Waals surface area contributed by atoms with Gasteiger partial charge in [0.15, 0.2) is 5.12 Å². The number of carbonyl (C=O) groups is 1. The Morgan fingerprint density at radius 1 is 1.29 bits per heavy atom. The second-order valence-corrected chi connectivity index (χ2v) is 5.11. The van der Waals surface area contributed by atoms with E-state index in [1.165, 1.54) is 23.7 Å². The number of rotatable bonds is 4. The summed E-state index contributed by atoms with van der Waals surface area (Å²) in [6.07, 6.45) is 3.07. The summed E-state index contributed by atoms with van der Waals surface area (Å²) in [6.45, 7) is 3.77. The fourth-order valence-corrected chi connectivity index (χ4v) is 1.95. The fourth-order valence-electron chi connectivity index (χ4n) is 1.45. The predicted octanol–water partition coefficient (Wildman–Crippen LogP) is 3.66. The van der Waals surface area contributed by atoms with Crippen molar-refractivity contribution in [2.24, 2.45) is 0 Å². The van der Waals surface area contributed by atoms with Crippen LogP contribution in [0.1, 0.15) is 37.8 Å². The van der Waals surface area contributed by atoms with Crippen LogP contribution in [0, 0.1) is 11.8 Å². The molecule has 0 aliphatic carbocycles. The van der Waals surface area contributed by atoms with Crippen molar-refractivity contribution < 1.29 is 4.79 Å². The molecule has 2 heteroatoms. The Kier molecular flexibility index (Phi) is 6.50. The molecule has 0 fully saturated rings. The van der Waals surface area contributed by atoms with Crippen LogP contribution in [0.5, 0.6) is 0 Å². The van der Waals surface area contributed by atoms with Crippen LogP contribution in [0.2, 0.25) is 0 Å². The van der Waals surface area contributed by atoms with Gasteiger partial charge in [-0.15, -0.1) is 0 Å². The minimum Gasteiger partial charge on any atom is -0.288 e. The number of carbonyl (C=O) groups excluding carboxylic acids is 1. The summed E-state index contributed by atoms with van der Waals surface area (Å²) in [4.78, 5) is 10.7. The summed E-state index contributed by atoms with van der Waals surface area (Å²) in [5.74, 6) is 6.99. The molecule has 0 N–H and O–H groups in total. The molecule has 0 saturated heterocycles. The van der Waals surface area contributed by atoms with E-state index in [0.717, 1.165) is 24.2 Å². The number of thioether (sulfide) groups is 1. The van der Waals surface area contributed by atoms with Gasteiger partial charge in [-0.1, -0.05) is 49.1 Å². The number of hydrogen-bond acceptors (Lipinski definition) is 2. The van der Waals surface area contributed by atoms with Gasteiger partial charge in [0.25, 0.3) is 0 Å². The molecular formula is C15H18OS. The Bertz CT molecular complexity index is 409. The largest absolute Gasteiger partial charge is 0.288 e. The van der Waals surface area contributed by atoms with Gasteiger partial charge in [-0.3, -0.25) is 4.79 Å². The van der Waals surface area contributed by atoms with Crippen molar-refractivity contribution in [2.75, 3.05) is 5.75 Å². The quantitative estimate of drug-likeness (QED) is 0.596. The Hall–Kier alpha value is -1.20. The zero-order valence-electron chi connectivity index (χ0n) is 10.5. The van der Waals surface area contributed by atoms with Crippen LogP contribution < -0.4 is 0 Å². The smallest absolute Gasteiger partial charge is 0.185 e. The van der Waals surface area contributed by atoms with Crippen molar-refractivity contribution >= 4 is 16.9 Å². The maximum Gasteiger partial charge on any atom is 0.185 e. The molecule has 1 nitrogen and oxygen atoms in total. The molecule has 0 heterocycles. The molecular weight excluding hydrogens is 228 g/mol. The topological polar surface area (TPSA) is 17.1 Å². The van der Waals surface area contributed by atoms with Crippen LogP contribution in [0.25, 0.3) is 0 Å². The minimum absolute atomic E-state index is 0.163. The number of hydrogen-bond donors (Lipinski definition) is 0. The van der Waals surface area contributed by atoms with E-state index >= 15 is 0 Å². The molecule has 0 unspecified atom stereocenters. The van der Waals surface area contributed by atoms with E-state index in [-0.39, 0.29) is 5.12 Å². The lowest BCUT2D eigenvalue weighted by Crippen LogP contribution is -1.85. The molecule has 0 spiro atoms. The van der Waals surface area contributed by atoms with E-state index in [1.54, 1.807) is 6.92 Å². The average Bonchev–Trinajstić information content (AvgIpc) is 2.31. The monoisotopic (exact) mass is 246 g/mol. The third kappa shape index (κ3) is 6.19. The number of aryl methyl sites for hydroxylation is 1.